The highest BCUT2D eigenvalue weighted by atomic mass is 32.2. The van der Waals surface area contributed by atoms with Crippen molar-refractivity contribution in [2.24, 2.45) is 40.2 Å². The van der Waals surface area contributed by atoms with E-state index in [0.717, 1.165) is 17.7 Å². The topological polar surface area (TPSA) is 151 Å². The normalized spacial score (nSPS) is 24.1. The van der Waals surface area contributed by atoms with E-state index in [1.165, 1.54) is 0 Å². The van der Waals surface area contributed by atoms with Crippen LogP contribution in [0.2, 0.25) is 0 Å². The molecule has 5 N–H and O–H groups in total. The van der Waals surface area contributed by atoms with Gasteiger partial charge in [0.25, 0.3) is 5.91 Å². The molecule has 44 heavy (non-hydrogen) atoms. The first-order chi connectivity index (χ1) is 20.5. The van der Waals surface area contributed by atoms with E-state index in [1.54, 1.807) is 16.7 Å². The standard InChI is InChI=1S/C33H49N5O5S/c1-18(2)23(17-44-20-11-9-8-10-12-20)36-31(43)37-27(32(3,4)5)30(42)38-16-21-24(33(21,6)7)25(38)29(41)35-22(15-19-13-14-19)26(39)28(34)40/h8-12,18-19,21-25,27H,13-17H2,1-7H3,(H2,34,40)(H,35,41)(H2,36,37,43)/t21-,22?,23+,24-,25-,27+/m0/s1. The highest BCUT2D eigenvalue weighted by Gasteiger charge is 2.70. The van der Waals surface area contributed by atoms with Crippen LogP contribution in [0, 0.1) is 34.5 Å². The molecule has 1 aromatic carbocycles. The van der Waals surface area contributed by atoms with E-state index in [0.29, 0.717) is 18.7 Å². The van der Waals surface area contributed by atoms with Crippen LogP contribution in [0.1, 0.15) is 67.7 Å². The Morgan fingerprint density at radius 3 is 2.20 bits per heavy atom. The molecule has 2 saturated carbocycles. The number of hydrogen-bond acceptors (Lipinski definition) is 6. The fraction of sp³-hybridized carbons (Fsp3) is 0.667. The minimum Gasteiger partial charge on any atom is -0.363 e. The van der Waals surface area contributed by atoms with E-state index in [4.69, 9.17) is 5.73 Å². The van der Waals surface area contributed by atoms with Crippen molar-refractivity contribution in [3.63, 3.8) is 0 Å². The van der Waals surface area contributed by atoms with Gasteiger partial charge in [0, 0.05) is 23.2 Å². The molecule has 0 radical (unpaired) electrons. The summed E-state index contributed by atoms with van der Waals surface area (Å²) in [5.41, 5.74) is 4.50. The molecule has 1 aliphatic heterocycles. The van der Waals surface area contributed by atoms with Gasteiger partial charge in [0.2, 0.25) is 17.6 Å². The molecule has 0 spiro atoms. The predicted molar refractivity (Wildman–Crippen MR) is 170 cm³/mol. The van der Waals surface area contributed by atoms with Gasteiger partial charge in [0.15, 0.2) is 0 Å². The number of fused-ring (bicyclic) bond motifs is 1. The number of benzene rings is 1. The Morgan fingerprint density at radius 2 is 1.66 bits per heavy atom. The van der Waals surface area contributed by atoms with Gasteiger partial charge < -0.3 is 26.6 Å². The molecule has 10 nitrogen and oxygen atoms in total. The Hall–Kier alpha value is -3.08. The maximum atomic E-state index is 14.2. The fourth-order valence-electron chi connectivity index (χ4n) is 6.42. The van der Waals surface area contributed by atoms with E-state index in [1.807, 2.05) is 65.0 Å². The van der Waals surface area contributed by atoms with Gasteiger partial charge in [-0.1, -0.05) is 79.5 Å². The number of hydrogen-bond donors (Lipinski definition) is 4. The SMILES string of the molecule is CC(C)[C@@H](CSc1ccccc1)NC(=O)N[C@H](C(=O)N1C[C@H]2[C@@H]([C@H]1C(=O)NC(CC1CC1)C(=O)C(N)=O)C2(C)C)C(C)(C)C. The Kier molecular flexibility index (Phi) is 10.1. The average Bonchev–Trinajstić information content (AvgIpc) is 3.80. The molecule has 3 fully saturated rings. The van der Waals surface area contributed by atoms with Crippen molar-refractivity contribution in [3.8, 4) is 0 Å². The Balaban J connectivity index is 1.48. The van der Waals surface area contributed by atoms with Crippen molar-refractivity contribution in [2.45, 2.75) is 96.8 Å². The number of piperidine rings is 1. The maximum absolute atomic E-state index is 14.2. The summed E-state index contributed by atoms with van der Waals surface area (Å²) in [6.07, 6.45) is 2.24. The molecule has 1 unspecified atom stereocenters. The Labute approximate surface area is 265 Å². The van der Waals surface area contributed by atoms with Gasteiger partial charge in [0.1, 0.15) is 12.1 Å². The predicted octanol–water partition coefficient (Wildman–Crippen LogP) is 3.34. The summed E-state index contributed by atoms with van der Waals surface area (Å²) in [5, 5.41) is 8.80. The second kappa shape index (κ2) is 13.1. The van der Waals surface area contributed by atoms with Crippen molar-refractivity contribution in [1.29, 1.82) is 0 Å². The number of nitrogens with zero attached hydrogens (tertiary/aromatic N) is 1. The van der Waals surface area contributed by atoms with Gasteiger partial charge in [-0.15, -0.1) is 11.8 Å². The molecule has 11 heteroatoms. The number of likely N-dealkylation sites (tertiary alicyclic amines) is 1. The Morgan fingerprint density at radius 1 is 1.02 bits per heavy atom. The number of nitrogens with two attached hydrogens (primary N) is 1. The van der Waals surface area contributed by atoms with Crippen molar-refractivity contribution in [3.05, 3.63) is 30.3 Å². The fourth-order valence-corrected chi connectivity index (χ4v) is 7.61. The number of carbonyl (C=O) groups is 5. The highest BCUT2D eigenvalue weighted by Crippen LogP contribution is 2.65. The zero-order valence-electron chi connectivity index (χ0n) is 27.0. The van der Waals surface area contributed by atoms with Crippen LogP contribution in [-0.2, 0) is 19.2 Å². The number of urea groups is 1. The van der Waals surface area contributed by atoms with E-state index >= 15 is 0 Å². The van der Waals surface area contributed by atoms with Crippen molar-refractivity contribution >= 4 is 41.3 Å². The molecule has 5 amide bonds. The zero-order chi connectivity index (χ0) is 32.6. The summed E-state index contributed by atoms with van der Waals surface area (Å²) in [7, 11) is 0. The molecule has 6 atom stereocenters. The number of nitrogens with one attached hydrogen (secondary N) is 3. The van der Waals surface area contributed by atoms with E-state index in [9.17, 15) is 24.0 Å². The van der Waals surface area contributed by atoms with Crippen LogP contribution in [0.15, 0.2) is 35.2 Å². The first kappa shape index (κ1) is 33.8. The quantitative estimate of drug-likeness (QED) is 0.195. The number of primary amides is 1. The monoisotopic (exact) mass is 627 g/mol. The summed E-state index contributed by atoms with van der Waals surface area (Å²) in [5.74, 6) is -1.56. The second-order valence-corrected chi connectivity index (χ2v) is 15.8. The van der Waals surface area contributed by atoms with E-state index in [-0.39, 0.29) is 41.0 Å². The number of rotatable bonds is 13. The van der Waals surface area contributed by atoms with Crippen LogP contribution in [0.5, 0.6) is 0 Å². The molecule has 0 aromatic heterocycles. The lowest BCUT2D eigenvalue weighted by atomic mass is 9.85. The van der Waals surface area contributed by atoms with E-state index in [2.05, 4.69) is 29.8 Å². The van der Waals surface area contributed by atoms with Crippen LogP contribution >= 0.6 is 11.8 Å². The van der Waals surface area contributed by atoms with Crippen LogP contribution in [0.3, 0.4) is 0 Å². The third-order valence-corrected chi connectivity index (χ3v) is 10.7. The minimum absolute atomic E-state index is 0.0912. The number of ketones is 1. The Bertz CT molecular complexity index is 1260. The molecule has 1 heterocycles. The number of carbonyl (C=O) groups excluding carboxylic acids is 5. The smallest absolute Gasteiger partial charge is 0.315 e. The molecule has 4 rings (SSSR count). The zero-order valence-corrected chi connectivity index (χ0v) is 27.8. The average molecular weight is 628 g/mol. The molecule has 2 aliphatic carbocycles. The summed E-state index contributed by atoms with van der Waals surface area (Å²) < 4.78 is 0. The van der Waals surface area contributed by atoms with Crippen molar-refractivity contribution in [1.82, 2.24) is 20.9 Å². The first-order valence-corrected chi connectivity index (χ1v) is 16.7. The molecular formula is C33H49N5O5S. The minimum atomic E-state index is -1.08. The maximum Gasteiger partial charge on any atom is 0.315 e. The van der Waals surface area contributed by atoms with Gasteiger partial charge >= 0.3 is 6.03 Å². The molecule has 0 bridgehead atoms. The van der Waals surface area contributed by atoms with Gasteiger partial charge in [-0.05, 0) is 53.1 Å². The van der Waals surface area contributed by atoms with Crippen LogP contribution < -0.4 is 21.7 Å². The lowest BCUT2D eigenvalue weighted by Crippen LogP contribution is -2.62. The highest BCUT2D eigenvalue weighted by molar-refractivity contribution is 7.99. The molecule has 1 saturated heterocycles. The molecule has 242 valence electrons. The lowest BCUT2D eigenvalue weighted by Gasteiger charge is -2.38. The number of amides is 5. The second-order valence-electron chi connectivity index (χ2n) is 14.7. The van der Waals surface area contributed by atoms with Gasteiger partial charge in [-0.3, -0.25) is 19.2 Å². The van der Waals surface area contributed by atoms with Crippen LogP contribution in [0.4, 0.5) is 4.79 Å². The van der Waals surface area contributed by atoms with Gasteiger partial charge in [0.05, 0.1) is 6.04 Å². The van der Waals surface area contributed by atoms with Gasteiger partial charge in [-0.25, -0.2) is 4.79 Å². The van der Waals surface area contributed by atoms with Crippen LogP contribution in [0.25, 0.3) is 0 Å². The summed E-state index contributed by atoms with van der Waals surface area (Å²) in [4.78, 5) is 68.4. The first-order valence-electron chi connectivity index (χ1n) is 15.7. The van der Waals surface area contributed by atoms with Crippen molar-refractivity contribution < 1.29 is 24.0 Å². The molecular weight excluding hydrogens is 578 g/mol. The van der Waals surface area contributed by atoms with E-state index < -0.39 is 47.2 Å². The number of Topliss-reactive ketones (excluding diaryl/α,β-unsaturated/α-hetero) is 1. The van der Waals surface area contributed by atoms with Gasteiger partial charge in [-0.2, -0.15) is 0 Å². The van der Waals surface area contributed by atoms with Crippen LogP contribution in [-0.4, -0.2) is 70.9 Å². The third-order valence-electron chi connectivity index (χ3n) is 9.58. The van der Waals surface area contributed by atoms with Crippen molar-refractivity contribution in [2.75, 3.05) is 12.3 Å². The largest absolute Gasteiger partial charge is 0.363 e. The summed E-state index contributed by atoms with van der Waals surface area (Å²) in [6.45, 7) is 14.3. The third kappa shape index (κ3) is 7.76. The molecule has 3 aliphatic rings. The molecule has 1 aromatic rings. The summed E-state index contributed by atoms with van der Waals surface area (Å²) >= 11 is 1.66. The number of thioether (sulfide) groups is 1. The summed E-state index contributed by atoms with van der Waals surface area (Å²) in [6, 6.07) is 6.69. The lowest BCUT2D eigenvalue weighted by molar-refractivity contribution is -0.145.